The van der Waals surface area contributed by atoms with Crippen LogP contribution in [0.15, 0.2) is 58.0 Å². The summed E-state index contributed by atoms with van der Waals surface area (Å²) in [5.41, 5.74) is 1.40. The predicted octanol–water partition coefficient (Wildman–Crippen LogP) is 3.61. The number of ether oxygens (including phenoxy) is 5. The first-order valence-electron chi connectivity index (χ1n) is 12.8. The van der Waals surface area contributed by atoms with E-state index in [0.717, 1.165) is 5.56 Å². The molecule has 39 heavy (non-hydrogen) atoms. The Morgan fingerprint density at radius 2 is 1.49 bits per heavy atom. The molecule has 3 aromatic rings. The van der Waals surface area contributed by atoms with Gasteiger partial charge in [-0.15, -0.1) is 0 Å². The van der Waals surface area contributed by atoms with Gasteiger partial charge in [0.15, 0.2) is 27.8 Å². The molecule has 1 aliphatic rings. The van der Waals surface area contributed by atoms with Crippen LogP contribution in [0.4, 0.5) is 0 Å². The highest BCUT2D eigenvalue weighted by Crippen LogP contribution is 2.35. The first kappa shape index (κ1) is 28.0. The van der Waals surface area contributed by atoms with Crippen molar-refractivity contribution in [1.82, 2.24) is 4.57 Å². The third kappa shape index (κ3) is 5.85. The number of rotatable bonds is 11. The molecule has 0 unspecified atom stereocenters. The smallest absolute Gasteiger partial charge is 0.337 e. The van der Waals surface area contributed by atoms with Gasteiger partial charge in [0.1, 0.15) is 0 Å². The molecule has 2 aromatic carbocycles. The summed E-state index contributed by atoms with van der Waals surface area (Å²) in [5.74, 6) is 1.78. The van der Waals surface area contributed by atoms with Gasteiger partial charge in [-0.25, -0.2) is 9.79 Å². The summed E-state index contributed by atoms with van der Waals surface area (Å²) in [6.07, 6.45) is 3.25. The van der Waals surface area contributed by atoms with E-state index in [-0.39, 0.29) is 11.1 Å². The molecular weight excluding hydrogens is 520 g/mol. The normalized spacial score (nSPS) is 14.6. The lowest BCUT2D eigenvalue weighted by molar-refractivity contribution is -0.136. The van der Waals surface area contributed by atoms with Gasteiger partial charge in [-0.05, 0) is 69.2 Å². The number of carbonyl (C=O) groups is 1. The Morgan fingerprint density at radius 3 is 2.10 bits per heavy atom. The van der Waals surface area contributed by atoms with Crippen LogP contribution in [0.25, 0.3) is 6.08 Å². The van der Waals surface area contributed by atoms with Crippen molar-refractivity contribution in [3.8, 4) is 23.0 Å². The van der Waals surface area contributed by atoms with Gasteiger partial charge in [0.2, 0.25) is 0 Å². The molecule has 1 aromatic heterocycles. The van der Waals surface area contributed by atoms with Gasteiger partial charge < -0.3 is 23.7 Å². The first-order valence-corrected chi connectivity index (χ1v) is 13.7. The van der Waals surface area contributed by atoms with Gasteiger partial charge in [-0.2, -0.15) is 0 Å². The van der Waals surface area contributed by atoms with Crippen LogP contribution in [0.3, 0.4) is 0 Å². The second kappa shape index (κ2) is 12.7. The molecule has 0 saturated heterocycles. The van der Waals surface area contributed by atoms with Crippen LogP contribution in [0.5, 0.6) is 23.0 Å². The minimum Gasteiger partial charge on any atom is -0.490 e. The topological polar surface area (TPSA) is 97.6 Å². The van der Waals surface area contributed by atoms with Gasteiger partial charge in [-0.1, -0.05) is 23.5 Å². The van der Waals surface area contributed by atoms with Crippen LogP contribution in [-0.2, 0) is 9.53 Å². The second-order valence-corrected chi connectivity index (χ2v) is 9.33. The van der Waals surface area contributed by atoms with E-state index in [0.29, 0.717) is 64.3 Å². The van der Waals surface area contributed by atoms with Crippen molar-refractivity contribution in [2.45, 2.75) is 33.7 Å². The summed E-state index contributed by atoms with van der Waals surface area (Å²) in [5, 5.41) is 0. The fourth-order valence-electron chi connectivity index (χ4n) is 4.30. The van der Waals surface area contributed by atoms with Crippen LogP contribution in [0.1, 0.15) is 44.9 Å². The lowest BCUT2D eigenvalue weighted by Crippen LogP contribution is -2.39. The summed E-state index contributed by atoms with van der Waals surface area (Å²) >= 11 is 1.24. The maximum Gasteiger partial charge on any atom is 0.337 e. The number of hydrogen-bond acceptors (Lipinski definition) is 9. The molecule has 0 radical (unpaired) electrons. The minimum atomic E-state index is -0.759. The number of fused-ring (bicyclic) bond motifs is 1. The number of esters is 1. The zero-order chi connectivity index (χ0) is 27.9. The summed E-state index contributed by atoms with van der Waals surface area (Å²) in [4.78, 5) is 31.5. The fraction of sp³-hybridized carbons (Fsp3) is 0.345. The van der Waals surface area contributed by atoms with Crippen molar-refractivity contribution in [1.29, 1.82) is 0 Å². The van der Waals surface area contributed by atoms with E-state index in [1.807, 2.05) is 52.0 Å². The molecule has 9 nitrogen and oxygen atoms in total. The Labute approximate surface area is 230 Å². The lowest BCUT2D eigenvalue weighted by atomic mass is 9.97. The molecule has 0 aliphatic carbocycles. The van der Waals surface area contributed by atoms with Crippen molar-refractivity contribution in [3.63, 3.8) is 0 Å². The molecule has 0 bridgehead atoms. The highest BCUT2D eigenvalue weighted by molar-refractivity contribution is 7.07. The van der Waals surface area contributed by atoms with Crippen molar-refractivity contribution in [2.24, 2.45) is 4.99 Å². The maximum absolute atomic E-state index is 13.8. The molecule has 0 fully saturated rings. The average Bonchev–Trinajstić information content (AvgIpc) is 3.25. The summed E-state index contributed by atoms with van der Waals surface area (Å²) in [6.45, 7) is 9.47. The van der Waals surface area contributed by atoms with E-state index in [1.165, 1.54) is 29.2 Å². The van der Waals surface area contributed by atoms with Crippen LogP contribution >= 0.6 is 11.3 Å². The highest BCUT2D eigenvalue weighted by Gasteiger charge is 2.31. The van der Waals surface area contributed by atoms with Crippen molar-refractivity contribution in [2.75, 3.05) is 33.5 Å². The number of thiazole rings is 1. The molecule has 0 N–H and O–H groups in total. The number of aromatic nitrogens is 1. The number of methoxy groups -OCH3 is 1. The third-order valence-corrected chi connectivity index (χ3v) is 6.87. The molecule has 4 rings (SSSR count). The summed E-state index contributed by atoms with van der Waals surface area (Å²) in [7, 11) is 1.30. The standard InChI is InChI=1S/C29H32N2O7S/c1-6-35-21-12-10-18(14-23(21)37-8-3)15-25-27(32)31-26(20(28(33)34-5)17-30-29(31)39-25)19-11-13-22(36-7-2)24(16-19)38-9-4/h10-17,26H,6-9H2,1-5H3/b25-15-/t26-/m0/s1. The van der Waals surface area contributed by atoms with E-state index in [1.54, 1.807) is 18.2 Å². The largest absolute Gasteiger partial charge is 0.490 e. The van der Waals surface area contributed by atoms with Gasteiger partial charge >= 0.3 is 5.97 Å². The minimum absolute atomic E-state index is 0.239. The third-order valence-electron chi connectivity index (χ3n) is 5.87. The Morgan fingerprint density at radius 1 is 0.897 bits per heavy atom. The number of carbonyl (C=O) groups excluding carboxylic acids is 1. The molecule has 1 aliphatic heterocycles. The Bertz CT molecular complexity index is 1550. The second-order valence-electron chi connectivity index (χ2n) is 8.32. The number of nitrogens with zero attached hydrogens (tertiary/aromatic N) is 2. The fourth-order valence-corrected chi connectivity index (χ4v) is 5.27. The average molecular weight is 553 g/mol. The van der Waals surface area contributed by atoms with Crippen molar-refractivity contribution < 1.29 is 28.5 Å². The molecule has 1 atom stereocenters. The van der Waals surface area contributed by atoms with E-state index < -0.39 is 12.0 Å². The van der Waals surface area contributed by atoms with Crippen molar-refractivity contribution >= 4 is 23.4 Å². The SMILES string of the molecule is CCOc1ccc(/C=c2\sc3n(c2=O)[C@@H](c2ccc(OCC)c(OCC)c2)C(C(=O)OC)=CN=3)cc1OCC. The van der Waals surface area contributed by atoms with Crippen molar-refractivity contribution in [3.05, 3.63) is 79.0 Å². The van der Waals surface area contributed by atoms with Crippen LogP contribution in [0, 0.1) is 0 Å². The lowest BCUT2D eigenvalue weighted by Gasteiger charge is -2.23. The summed E-state index contributed by atoms with van der Waals surface area (Å²) in [6, 6.07) is 10.2. The van der Waals surface area contributed by atoms with Crippen LogP contribution in [-0.4, -0.2) is 44.1 Å². The molecular formula is C29H32N2O7S. The van der Waals surface area contributed by atoms with Crippen LogP contribution in [0.2, 0.25) is 0 Å². The summed E-state index contributed by atoms with van der Waals surface area (Å²) < 4.78 is 29.9. The quantitative estimate of drug-likeness (QED) is 0.335. The molecule has 206 valence electrons. The molecule has 10 heteroatoms. The molecule has 0 saturated carbocycles. The number of hydrogen-bond donors (Lipinski definition) is 0. The van der Waals surface area contributed by atoms with E-state index in [4.69, 9.17) is 23.7 Å². The first-order chi connectivity index (χ1) is 18.9. The van der Waals surface area contributed by atoms with Gasteiger partial charge in [0.05, 0.1) is 49.7 Å². The van der Waals surface area contributed by atoms with Gasteiger partial charge in [0, 0.05) is 6.20 Å². The van der Waals surface area contributed by atoms with Crippen LogP contribution < -0.4 is 33.8 Å². The monoisotopic (exact) mass is 552 g/mol. The molecule has 2 heterocycles. The Balaban J connectivity index is 1.86. The van der Waals surface area contributed by atoms with E-state index >= 15 is 0 Å². The Kier molecular flexibility index (Phi) is 9.08. The maximum atomic E-state index is 13.8. The predicted molar refractivity (Wildman–Crippen MR) is 149 cm³/mol. The number of benzene rings is 2. The zero-order valence-electron chi connectivity index (χ0n) is 22.7. The molecule has 0 amide bonds. The zero-order valence-corrected chi connectivity index (χ0v) is 23.5. The van der Waals surface area contributed by atoms with Gasteiger partial charge in [-0.3, -0.25) is 9.36 Å². The van der Waals surface area contributed by atoms with Gasteiger partial charge in [0.25, 0.3) is 5.56 Å². The highest BCUT2D eigenvalue weighted by atomic mass is 32.1. The molecule has 0 spiro atoms. The Hall–Kier alpha value is -4.05. The van der Waals surface area contributed by atoms with E-state index in [9.17, 15) is 9.59 Å². The van der Waals surface area contributed by atoms with E-state index in [2.05, 4.69) is 4.99 Å².